The van der Waals surface area contributed by atoms with E-state index >= 15 is 0 Å². The first-order valence-electron chi connectivity index (χ1n) is 5.10. The maximum absolute atomic E-state index is 11.6. The van der Waals surface area contributed by atoms with Crippen molar-refractivity contribution < 1.29 is 27.2 Å². The first-order valence-corrected chi connectivity index (χ1v) is 6.71. The summed E-state index contributed by atoms with van der Waals surface area (Å²) < 4.78 is 39.1. The summed E-state index contributed by atoms with van der Waals surface area (Å²) in [6, 6.07) is 4.75. The number of aryl methyl sites for hydroxylation is 1. The molecule has 0 saturated heterocycles. The summed E-state index contributed by atoms with van der Waals surface area (Å²) in [5.41, 5.74) is 1.12. The lowest BCUT2D eigenvalue weighted by atomic mass is 10.1. The molecule has 0 amide bonds. The summed E-state index contributed by atoms with van der Waals surface area (Å²) in [6.45, 7) is 1.43. The lowest BCUT2D eigenvalue weighted by molar-refractivity contribution is 0.0528. The minimum Gasteiger partial charge on any atom is -0.496 e. The molecule has 0 aliphatic heterocycles. The smallest absolute Gasteiger partial charge is 0.338 e. The van der Waals surface area contributed by atoms with Gasteiger partial charge in [-0.3, -0.25) is 4.55 Å². The van der Waals surface area contributed by atoms with Gasteiger partial charge in [-0.1, -0.05) is 6.07 Å². The highest BCUT2D eigenvalue weighted by molar-refractivity contribution is 7.85. The zero-order chi connectivity index (χ0) is 13.8. The highest BCUT2D eigenvalue weighted by Crippen LogP contribution is 2.19. The van der Waals surface area contributed by atoms with Crippen molar-refractivity contribution in [1.29, 1.82) is 0 Å². The Morgan fingerprint density at radius 1 is 1.39 bits per heavy atom. The Bertz CT molecular complexity index is 534. The molecular weight excluding hydrogens is 260 g/mol. The van der Waals surface area contributed by atoms with Crippen LogP contribution in [0, 0.1) is 6.92 Å². The van der Waals surface area contributed by atoms with Crippen LogP contribution in [0.5, 0.6) is 5.75 Å². The quantitative estimate of drug-likeness (QED) is 0.637. The molecule has 0 saturated carbocycles. The van der Waals surface area contributed by atoms with Crippen LogP contribution in [0.1, 0.15) is 15.9 Å². The second-order valence-corrected chi connectivity index (χ2v) is 5.18. The Labute approximate surface area is 105 Å². The molecule has 0 radical (unpaired) electrons. The van der Waals surface area contributed by atoms with E-state index in [2.05, 4.69) is 0 Å². The summed E-state index contributed by atoms with van der Waals surface area (Å²) in [6.07, 6.45) is 0. The molecule has 100 valence electrons. The van der Waals surface area contributed by atoms with Crippen molar-refractivity contribution in [3.63, 3.8) is 0 Å². The number of carbonyl (C=O) groups excluding carboxylic acids is 1. The molecule has 7 heteroatoms. The standard InChI is InChI=1S/C11H14O6S/c1-8-3-4-9(7-10(8)16-2)11(12)17-5-6-18(13,14)15/h3-4,7H,5-6H2,1-2H3,(H,13,14,15). The second-order valence-electron chi connectivity index (χ2n) is 3.61. The van der Waals surface area contributed by atoms with Gasteiger partial charge in [0.1, 0.15) is 18.1 Å². The molecule has 1 aromatic carbocycles. The third-order valence-corrected chi connectivity index (χ3v) is 2.90. The lowest BCUT2D eigenvalue weighted by Gasteiger charge is -2.07. The monoisotopic (exact) mass is 274 g/mol. The molecule has 0 fully saturated rings. The summed E-state index contributed by atoms with van der Waals surface area (Å²) >= 11 is 0. The van der Waals surface area contributed by atoms with E-state index in [4.69, 9.17) is 14.0 Å². The van der Waals surface area contributed by atoms with Crippen molar-refractivity contribution in [3.8, 4) is 5.75 Å². The van der Waals surface area contributed by atoms with E-state index in [-0.39, 0.29) is 5.56 Å². The van der Waals surface area contributed by atoms with Crippen molar-refractivity contribution in [2.24, 2.45) is 0 Å². The normalized spacial score (nSPS) is 11.1. The van der Waals surface area contributed by atoms with Crippen molar-refractivity contribution in [1.82, 2.24) is 0 Å². The molecule has 0 bridgehead atoms. The van der Waals surface area contributed by atoms with Crippen LogP contribution in [0.25, 0.3) is 0 Å². The first kappa shape index (κ1) is 14.5. The summed E-state index contributed by atoms with van der Waals surface area (Å²) in [5, 5.41) is 0. The van der Waals surface area contributed by atoms with Crippen molar-refractivity contribution in [3.05, 3.63) is 29.3 Å². The fraction of sp³-hybridized carbons (Fsp3) is 0.364. The predicted molar refractivity (Wildman–Crippen MR) is 64.4 cm³/mol. The lowest BCUT2D eigenvalue weighted by Crippen LogP contribution is -2.14. The SMILES string of the molecule is COc1cc(C(=O)OCCS(=O)(=O)O)ccc1C. The van der Waals surface area contributed by atoms with Crippen LogP contribution < -0.4 is 4.74 Å². The number of rotatable bonds is 5. The number of esters is 1. The van der Waals surface area contributed by atoms with E-state index in [0.717, 1.165) is 5.56 Å². The topological polar surface area (TPSA) is 89.9 Å². The van der Waals surface area contributed by atoms with Gasteiger partial charge >= 0.3 is 5.97 Å². The minimum atomic E-state index is -4.12. The first-order chi connectivity index (χ1) is 8.33. The molecule has 0 spiro atoms. The fourth-order valence-electron chi connectivity index (χ4n) is 1.27. The van der Waals surface area contributed by atoms with Gasteiger partial charge in [0, 0.05) is 0 Å². The maximum atomic E-state index is 11.6. The van der Waals surface area contributed by atoms with Crippen LogP contribution in [0.2, 0.25) is 0 Å². The predicted octanol–water partition coefficient (Wildman–Crippen LogP) is 1.05. The highest BCUT2D eigenvalue weighted by Gasteiger charge is 2.12. The molecule has 6 nitrogen and oxygen atoms in total. The molecule has 18 heavy (non-hydrogen) atoms. The number of hydrogen-bond donors (Lipinski definition) is 1. The summed E-state index contributed by atoms with van der Waals surface area (Å²) in [4.78, 5) is 11.6. The van der Waals surface area contributed by atoms with Crippen molar-refractivity contribution in [2.45, 2.75) is 6.92 Å². The summed E-state index contributed by atoms with van der Waals surface area (Å²) in [7, 11) is -2.64. The Morgan fingerprint density at radius 3 is 2.61 bits per heavy atom. The molecule has 0 aliphatic carbocycles. The largest absolute Gasteiger partial charge is 0.496 e. The third-order valence-electron chi connectivity index (χ3n) is 2.22. The van der Waals surface area contributed by atoms with Gasteiger partial charge in [-0.2, -0.15) is 8.42 Å². The molecule has 1 rings (SSSR count). The average molecular weight is 274 g/mol. The van der Waals surface area contributed by atoms with E-state index in [1.54, 1.807) is 12.1 Å². The van der Waals surface area contributed by atoms with Crippen LogP contribution in [0.3, 0.4) is 0 Å². The highest BCUT2D eigenvalue weighted by atomic mass is 32.2. The van der Waals surface area contributed by atoms with Gasteiger partial charge in [0.05, 0.1) is 12.7 Å². The molecule has 0 atom stereocenters. The van der Waals surface area contributed by atoms with Crippen LogP contribution in [-0.4, -0.2) is 38.4 Å². The van der Waals surface area contributed by atoms with Gasteiger partial charge < -0.3 is 9.47 Å². The van der Waals surface area contributed by atoms with Crippen LogP contribution in [-0.2, 0) is 14.9 Å². The zero-order valence-electron chi connectivity index (χ0n) is 10.0. The minimum absolute atomic E-state index is 0.257. The number of ether oxygens (including phenoxy) is 2. The Hall–Kier alpha value is -1.60. The van der Waals surface area contributed by atoms with Crippen molar-refractivity contribution >= 4 is 16.1 Å². The number of methoxy groups -OCH3 is 1. The van der Waals surface area contributed by atoms with Gasteiger partial charge in [-0.15, -0.1) is 0 Å². The summed E-state index contributed by atoms with van der Waals surface area (Å²) in [5.74, 6) is -0.752. The van der Waals surface area contributed by atoms with Gasteiger partial charge in [-0.25, -0.2) is 4.79 Å². The fourth-order valence-corrected chi connectivity index (χ4v) is 1.56. The van der Waals surface area contributed by atoms with Gasteiger partial charge in [-0.05, 0) is 24.6 Å². The maximum Gasteiger partial charge on any atom is 0.338 e. The Balaban J connectivity index is 2.67. The molecule has 0 aromatic heterocycles. The van der Waals surface area contributed by atoms with Gasteiger partial charge in [0.25, 0.3) is 10.1 Å². The Morgan fingerprint density at radius 2 is 2.06 bits per heavy atom. The van der Waals surface area contributed by atoms with Gasteiger partial charge in [0.15, 0.2) is 0 Å². The second kappa shape index (κ2) is 5.83. The van der Waals surface area contributed by atoms with E-state index in [0.29, 0.717) is 5.75 Å². The molecular formula is C11H14O6S. The molecule has 1 aromatic rings. The molecule has 1 N–H and O–H groups in total. The van der Waals surface area contributed by atoms with E-state index < -0.39 is 28.4 Å². The molecule has 0 aliphatic rings. The van der Waals surface area contributed by atoms with E-state index in [1.807, 2.05) is 6.92 Å². The van der Waals surface area contributed by atoms with Crippen molar-refractivity contribution in [2.75, 3.05) is 19.5 Å². The van der Waals surface area contributed by atoms with Gasteiger partial charge in [0.2, 0.25) is 0 Å². The van der Waals surface area contributed by atoms with Crippen LogP contribution in [0.4, 0.5) is 0 Å². The van der Waals surface area contributed by atoms with Crippen LogP contribution >= 0.6 is 0 Å². The number of hydrogen-bond acceptors (Lipinski definition) is 5. The van der Waals surface area contributed by atoms with Crippen LogP contribution in [0.15, 0.2) is 18.2 Å². The third kappa shape index (κ3) is 4.34. The number of carbonyl (C=O) groups is 1. The zero-order valence-corrected chi connectivity index (χ0v) is 10.9. The molecule has 0 unspecified atom stereocenters. The van der Waals surface area contributed by atoms with E-state index in [9.17, 15) is 13.2 Å². The Kier molecular flexibility index (Phi) is 4.69. The number of benzene rings is 1. The van der Waals surface area contributed by atoms with E-state index in [1.165, 1.54) is 13.2 Å². The molecule has 0 heterocycles. The average Bonchev–Trinajstić information content (AvgIpc) is 2.27.